The fraction of sp³-hybridized carbons (Fsp3) is 0.467. The average molecular weight is 276 g/mol. The molecule has 20 heavy (non-hydrogen) atoms. The third-order valence-corrected chi connectivity index (χ3v) is 3.00. The van der Waals surface area contributed by atoms with Gasteiger partial charge in [-0.15, -0.1) is 0 Å². The predicted octanol–water partition coefficient (Wildman–Crippen LogP) is 2.41. The van der Waals surface area contributed by atoms with E-state index in [0.717, 1.165) is 30.9 Å². The molecule has 1 heterocycles. The van der Waals surface area contributed by atoms with Gasteiger partial charge in [-0.3, -0.25) is 0 Å². The van der Waals surface area contributed by atoms with Gasteiger partial charge in [-0.1, -0.05) is 26.0 Å². The van der Waals surface area contributed by atoms with Gasteiger partial charge in [0.05, 0.1) is 6.54 Å². The molecule has 5 heteroatoms. The molecule has 0 saturated carbocycles. The summed E-state index contributed by atoms with van der Waals surface area (Å²) in [6, 6.07) is 6.71. The number of benzene rings is 1. The van der Waals surface area contributed by atoms with Crippen molar-refractivity contribution >= 4 is 0 Å². The van der Waals surface area contributed by atoms with Crippen LogP contribution in [0.25, 0.3) is 0 Å². The molecular weight excluding hydrogens is 255 g/mol. The highest BCUT2D eigenvalue weighted by atomic mass is 19.1. The van der Waals surface area contributed by atoms with Gasteiger partial charge in [0.2, 0.25) is 0 Å². The first-order valence-electron chi connectivity index (χ1n) is 6.97. The summed E-state index contributed by atoms with van der Waals surface area (Å²) < 4.78 is 15.0. The third kappa shape index (κ3) is 4.42. The van der Waals surface area contributed by atoms with Gasteiger partial charge in [0.25, 0.3) is 0 Å². The van der Waals surface area contributed by atoms with Gasteiger partial charge in [-0.05, 0) is 36.6 Å². The van der Waals surface area contributed by atoms with Crippen LogP contribution in [0.4, 0.5) is 4.39 Å². The van der Waals surface area contributed by atoms with Crippen LogP contribution in [0.1, 0.15) is 25.2 Å². The number of halogens is 1. The Balaban J connectivity index is 1.77. The van der Waals surface area contributed by atoms with Gasteiger partial charge in [0.15, 0.2) is 0 Å². The Labute approximate surface area is 119 Å². The Morgan fingerprint density at radius 3 is 2.95 bits per heavy atom. The molecule has 0 atom stereocenters. The molecule has 0 aliphatic carbocycles. The molecule has 1 aromatic heterocycles. The first-order chi connectivity index (χ1) is 9.65. The Bertz CT molecular complexity index is 536. The second kappa shape index (κ2) is 7.14. The minimum Gasteiger partial charge on any atom is -0.310 e. The van der Waals surface area contributed by atoms with Crippen molar-refractivity contribution < 1.29 is 4.39 Å². The minimum atomic E-state index is -0.181. The zero-order valence-electron chi connectivity index (χ0n) is 12.0. The number of hydrogen-bond donors (Lipinski definition) is 1. The van der Waals surface area contributed by atoms with Crippen LogP contribution in [0, 0.1) is 11.7 Å². The van der Waals surface area contributed by atoms with Crippen LogP contribution in [0.2, 0.25) is 0 Å². The van der Waals surface area contributed by atoms with Crippen LogP contribution in [0.5, 0.6) is 0 Å². The highest BCUT2D eigenvalue weighted by molar-refractivity contribution is 5.16. The van der Waals surface area contributed by atoms with E-state index in [1.807, 2.05) is 10.7 Å². The molecule has 0 saturated heterocycles. The molecule has 0 amide bonds. The summed E-state index contributed by atoms with van der Waals surface area (Å²) >= 11 is 0. The van der Waals surface area contributed by atoms with Gasteiger partial charge >= 0.3 is 0 Å². The second-order valence-electron chi connectivity index (χ2n) is 5.31. The molecule has 0 aliphatic rings. The van der Waals surface area contributed by atoms with E-state index in [0.29, 0.717) is 12.5 Å². The van der Waals surface area contributed by atoms with Gasteiger partial charge < -0.3 is 5.32 Å². The number of hydrogen-bond acceptors (Lipinski definition) is 3. The first kappa shape index (κ1) is 14.7. The number of aromatic nitrogens is 3. The van der Waals surface area contributed by atoms with Crippen LogP contribution in [0.15, 0.2) is 30.6 Å². The topological polar surface area (TPSA) is 42.7 Å². The van der Waals surface area contributed by atoms with E-state index in [-0.39, 0.29) is 5.82 Å². The van der Waals surface area contributed by atoms with Crippen LogP contribution in [-0.2, 0) is 19.5 Å². The summed E-state index contributed by atoms with van der Waals surface area (Å²) in [5.74, 6) is 1.31. The molecular formula is C15H21FN4. The SMILES string of the molecule is CC(C)Cn1ncnc1CNCCc1cccc(F)c1. The first-order valence-corrected chi connectivity index (χ1v) is 6.97. The molecule has 0 spiro atoms. The summed E-state index contributed by atoms with van der Waals surface area (Å²) in [5, 5.41) is 7.54. The molecule has 0 radical (unpaired) electrons. The summed E-state index contributed by atoms with van der Waals surface area (Å²) in [5.41, 5.74) is 1.00. The van der Waals surface area contributed by atoms with E-state index in [2.05, 4.69) is 29.2 Å². The van der Waals surface area contributed by atoms with E-state index < -0.39 is 0 Å². The maximum Gasteiger partial charge on any atom is 0.140 e. The van der Waals surface area contributed by atoms with Crippen molar-refractivity contribution in [2.45, 2.75) is 33.4 Å². The van der Waals surface area contributed by atoms with Crippen LogP contribution < -0.4 is 5.32 Å². The quantitative estimate of drug-likeness (QED) is 0.790. The highest BCUT2D eigenvalue weighted by Crippen LogP contribution is 2.04. The lowest BCUT2D eigenvalue weighted by atomic mass is 10.1. The second-order valence-corrected chi connectivity index (χ2v) is 5.31. The largest absolute Gasteiger partial charge is 0.310 e. The molecule has 0 fully saturated rings. The summed E-state index contributed by atoms with van der Waals surface area (Å²) in [4.78, 5) is 4.26. The number of rotatable bonds is 7. The summed E-state index contributed by atoms with van der Waals surface area (Å²) in [6.45, 7) is 6.66. The van der Waals surface area contributed by atoms with E-state index in [1.54, 1.807) is 18.5 Å². The van der Waals surface area contributed by atoms with Crippen molar-refractivity contribution in [1.29, 1.82) is 0 Å². The summed E-state index contributed by atoms with van der Waals surface area (Å²) in [7, 11) is 0. The Hall–Kier alpha value is -1.75. The normalized spacial score (nSPS) is 11.2. The van der Waals surface area contributed by atoms with Gasteiger partial charge in [-0.25, -0.2) is 14.1 Å². The van der Waals surface area contributed by atoms with Crippen LogP contribution in [0.3, 0.4) is 0 Å². The fourth-order valence-electron chi connectivity index (χ4n) is 2.05. The van der Waals surface area contributed by atoms with Crippen molar-refractivity contribution in [3.05, 3.63) is 47.8 Å². The van der Waals surface area contributed by atoms with Crippen LogP contribution in [-0.4, -0.2) is 21.3 Å². The Kier molecular flexibility index (Phi) is 5.24. The zero-order valence-corrected chi connectivity index (χ0v) is 12.0. The molecule has 2 rings (SSSR count). The maximum atomic E-state index is 13.0. The Morgan fingerprint density at radius 2 is 2.20 bits per heavy atom. The molecule has 0 unspecified atom stereocenters. The molecule has 1 aromatic carbocycles. The highest BCUT2D eigenvalue weighted by Gasteiger charge is 2.05. The van der Waals surface area contributed by atoms with E-state index in [9.17, 15) is 4.39 Å². The minimum absolute atomic E-state index is 0.181. The van der Waals surface area contributed by atoms with Gasteiger partial charge in [-0.2, -0.15) is 5.10 Å². The van der Waals surface area contributed by atoms with Crippen molar-refractivity contribution in [3.8, 4) is 0 Å². The smallest absolute Gasteiger partial charge is 0.140 e. The molecule has 0 aliphatic heterocycles. The molecule has 4 nitrogen and oxygen atoms in total. The van der Waals surface area contributed by atoms with Gasteiger partial charge in [0, 0.05) is 6.54 Å². The summed E-state index contributed by atoms with van der Waals surface area (Å²) in [6.07, 6.45) is 2.39. The molecule has 108 valence electrons. The fourth-order valence-corrected chi connectivity index (χ4v) is 2.05. The molecule has 0 bridgehead atoms. The van der Waals surface area contributed by atoms with E-state index >= 15 is 0 Å². The lowest BCUT2D eigenvalue weighted by molar-refractivity contribution is 0.458. The third-order valence-electron chi connectivity index (χ3n) is 3.00. The molecule has 1 N–H and O–H groups in total. The Morgan fingerprint density at radius 1 is 1.35 bits per heavy atom. The standard InChI is InChI=1S/C15H21FN4/c1-12(2)10-20-15(18-11-19-20)9-17-7-6-13-4-3-5-14(16)8-13/h3-5,8,11-12,17H,6-7,9-10H2,1-2H3. The predicted molar refractivity (Wildman–Crippen MR) is 76.7 cm³/mol. The number of nitrogens with one attached hydrogen (secondary N) is 1. The van der Waals surface area contributed by atoms with Crippen molar-refractivity contribution in [2.24, 2.45) is 5.92 Å². The lowest BCUT2D eigenvalue weighted by Crippen LogP contribution is -2.21. The lowest BCUT2D eigenvalue weighted by Gasteiger charge is -2.09. The molecule has 2 aromatic rings. The zero-order chi connectivity index (χ0) is 14.4. The van der Waals surface area contributed by atoms with E-state index in [1.165, 1.54) is 6.07 Å². The van der Waals surface area contributed by atoms with Crippen molar-refractivity contribution in [1.82, 2.24) is 20.1 Å². The van der Waals surface area contributed by atoms with Crippen molar-refractivity contribution in [3.63, 3.8) is 0 Å². The van der Waals surface area contributed by atoms with Crippen LogP contribution >= 0.6 is 0 Å². The number of nitrogens with zero attached hydrogens (tertiary/aromatic N) is 3. The van der Waals surface area contributed by atoms with Gasteiger partial charge in [0.1, 0.15) is 18.0 Å². The van der Waals surface area contributed by atoms with E-state index in [4.69, 9.17) is 0 Å². The average Bonchev–Trinajstić information content (AvgIpc) is 2.81. The maximum absolute atomic E-state index is 13.0. The van der Waals surface area contributed by atoms with Crippen molar-refractivity contribution in [2.75, 3.05) is 6.54 Å². The monoisotopic (exact) mass is 276 g/mol.